The number of benzene rings is 2. The third-order valence-electron chi connectivity index (χ3n) is 6.17. The number of nitrogens with one attached hydrogen (secondary N) is 3. The molecular weight excluding hydrogens is 458 g/mol. The third kappa shape index (κ3) is 6.06. The number of hydrogen-bond donors (Lipinski definition) is 3. The van der Waals surface area contributed by atoms with Crippen LogP contribution in [0.1, 0.15) is 38.2 Å². The van der Waals surface area contributed by atoms with Crippen molar-refractivity contribution in [2.75, 3.05) is 18.7 Å². The Balaban J connectivity index is 1.20. The number of ether oxygens (including phenoxy) is 2. The Bertz CT molecular complexity index is 1140. The Labute approximate surface area is 199 Å². The van der Waals surface area contributed by atoms with Gasteiger partial charge >= 0.3 is 0 Å². The molecule has 9 nitrogen and oxygen atoms in total. The largest absolute Gasteiger partial charge is 0.454 e. The van der Waals surface area contributed by atoms with Gasteiger partial charge in [0.05, 0.1) is 4.90 Å². The van der Waals surface area contributed by atoms with E-state index in [0.717, 1.165) is 31.2 Å². The highest BCUT2D eigenvalue weighted by atomic mass is 32.2. The molecule has 2 aromatic rings. The number of carbonyl (C=O) groups is 2. The van der Waals surface area contributed by atoms with Gasteiger partial charge in [-0.05, 0) is 73.6 Å². The summed E-state index contributed by atoms with van der Waals surface area (Å²) in [4.78, 5) is 23.9. The molecule has 1 aliphatic carbocycles. The average molecular weight is 488 g/mol. The SMILES string of the molecule is CC(=O)Nc1ccc(S(=O)(=O)NCC2CCC(C(=O)NCc3ccc4c(c3)OCO4)CC2)cc1. The molecule has 2 amide bonds. The minimum atomic E-state index is -3.64. The molecular formula is C24H29N3O6S. The molecule has 1 saturated carbocycles. The van der Waals surface area contributed by atoms with E-state index in [1.807, 2.05) is 18.2 Å². The summed E-state index contributed by atoms with van der Waals surface area (Å²) >= 11 is 0. The smallest absolute Gasteiger partial charge is 0.240 e. The molecule has 10 heteroatoms. The van der Waals surface area contributed by atoms with Crippen LogP contribution in [0.15, 0.2) is 47.4 Å². The summed E-state index contributed by atoms with van der Waals surface area (Å²) in [6.07, 6.45) is 3.02. The van der Waals surface area contributed by atoms with Gasteiger partial charge in [-0.25, -0.2) is 13.1 Å². The fraction of sp³-hybridized carbons (Fsp3) is 0.417. The van der Waals surface area contributed by atoms with E-state index in [0.29, 0.717) is 30.3 Å². The highest BCUT2D eigenvalue weighted by Crippen LogP contribution is 2.33. The van der Waals surface area contributed by atoms with Crippen molar-refractivity contribution in [2.45, 2.75) is 44.0 Å². The van der Waals surface area contributed by atoms with Crippen LogP contribution in [0.2, 0.25) is 0 Å². The molecule has 0 bridgehead atoms. The van der Waals surface area contributed by atoms with Crippen molar-refractivity contribution in [3.63, 3.8) is 0 Å². The topological polar surface area (TPSA) is 123 Å². The fourth-order valence-electron chi connectivity index (χ4n) is 4.24. The average Bonchev–Trinajstić information content (AvgIpc) is 3.29. The Morgan fingerprint density at radius 1 is 0.971 bits per heavy atom. The number of rotatable bonds is 8. The van der Waals surface area contributed by atoms with E-state index < -0.39 is 10.0 Å². The maximum atomic E-state index is 12.6. The van der Waals surface area contributed by atoms with Gasteiger partial charge in [0.15, 0.2) is 11.5 Å². The van der Waals surface area contributed by atoms with Crippen LogP contribution in [0.3, 0.4) is 0 Å². The Kier molecular flexibility index (Phi) is 7.38. The first-order valence-corrected chi connectivity index (χ1v) is 12.8. The van der Waals surface area contributed by atoms with Crippen LogP contribution in [0, 0.1) is 11.8 Å². The molecule has 0 saturated heterocycles. The van der Waals surface area contributed by atoms with Crippen molar-refractivity contribution in [3.05, 3.63) is 48.0 Å². The second-order valence-corrected chi connectivity index (χ2v) is 10.4. The first-order chi connectivity index (χ1) is 16.3. The third-order valence-corrected chi connectivity index (χ3v) is 7.61. The van der Waals surface area contributed by atoms with E-state index in [-0.39, 0.29) is 35.3 Å². The number of carbonyl (C=O) groups excluding carboxylic acids is 2. The molecule has 2 aromatic carbocycles. The highest BCUT2D eigenvalue weighted by Gasteiger charge is 2.27. The maximum absolute atomic E-state index is 12.6. The number of sulfonamides is 1. The summed E-state index contributed by atoms with van der Waals surface area (Å²) < 4.78 is 38.5. The van der Waals surface area contributed by atoms with Crippen LogP contribution in [-0.4, -0.2) is 33.6 Å². The van der Waals surface area contributed by atoms with Gasteiger partial charge in [0.2, 0.25) is 28.6 Å². The predicted octanol–water partition coefficient (Wildman–Crippen LogP) is 2.77. The van der Waals surface area contributed by atoms with Crippen LogP contribution in [0.25, 0.3) is 0 Å². The van der Waals surface area contributed by atoms with Crippen molar-refractivity contribution in [1.29, 1.82) is 0 Å². The molecule has 34 heavy (non-hydrogen) atoms. The molecule has 3 N–H and O–H groups in total. The van der Waals surface area contributed by atoms with Gasteiger partial charge in [0, 0.05) is 31.6 Å². The Hall–Kier alpha value is -3.11. The van der Waals surface area contributed by atoms with Crippen LogP contribution in [-0.2, 0) is 26.2 Å². The zero-order valence-corrected chi connectivity index (χ0v) is 19.8. The summed E-state index contributed by atoms with van der Waals surface area (Å²) in [5.41, 5.74) is 1.49. The van der Waals surface area contributed by atoms with Gasteiger partial charge in [0.25, 0.3) is 0 Å². The summed E-state index contributed by atoms with van der Waals surface area (Å²) in [5.74, 6) is 1.33. The van der Waals surface area contributed by atoms with Crippen molar-refractivity contribution in [3.8, 4) is 11.5 Å². The molecule has 182 valence electrons. The zero-order chi connectivity index (χ0) is 24.1. The lowest BCUT2D eigenvalue weighted by atomic mass is 9.81. The van der Waals surface area contributed by atoms with Crippen LogP contribution >= 0.6 is 0 Å². The van der Waals surface area contributed by atoms with E-state index in [2.05, 4.69) is 15.4 Å². The molecule has 2 aliphatic rings. The summed E-state index contributed by atoms with van der Waals surface area (Å²) in [7, 11) is -3.64. The van der Waals surface area contributed by atoms with E-state index in [1.54, 1.807) is 12.1 Å². The van der Waals surface area contributed by atoms with Crippen LogP contribution in [0.4, 0.5) is 5.69 Å². The lowest BCUT2D eigenvalue weighted by Gasteiger charge is -2.28. The molecule has 1 fully saturated rings. The van der Waals surface area contributed by atoms with Gasteiger partial charge in [-0.2, -0.15) is 0 Å². The lowest BCUT2D eigenvalue weighted by Crippen LogP contribution is -2.36. The minimum absolute atomic E-state index is 0.0240. The van der Waals surface area contributed by atoms with Gasteiger partial charge in [-0.1, -0.05) is 6.07 Å². The van der Waals surface area contributed by atoms with Crippen molar-refractivity contribution in [1.82, 2.24) is 10.0 Å². The molecule has 4 rings (SSSR count). The minimum Gasteiger partial charge on any atom is -0.454 e. The van der Waals surface area contributed by atoms with Crippen molar-refractivity contribution < 1.29 is 27.5 Å². The monoisotopic (exact) mass is 487 g/mol. The fourth-order valence-corrected chi connectivity index (χ4v) is 5.36. The molecule has 0 radical (unpaired) electrons. The van der Waals surface area contributed by atoms with Gasteiger partial charge in [-0.15, -0.1) is 0 Å². The van der Waals surface area contributed by atoms with Gasteiger partial charge < -0.3 is 20.1 Å². The number of hydrogen-bond acceptors (Lipinski definition) is 6. The quantitative estimate of drug-likeness (QED) is 0.526. The summed E-state index contributed by atoms with van der Waals surface area (Å²) in [6.45, 7) is 2.37. The second kappa shape index (κ2) is 10.4. The molecule has 0 aromatic heterocycles. The number of anilines is 1. The molecule has 1 heterocycles. The van der Waals surface area contributed by atoms with E-state index in [9.17, 15) is 18.0 Å². The standard InChI is InChI=1S/C24H29N3O6S/c1-16(28)27-20-7-9-21(10-8-20)34(30,31)26-14-17-2-5-19(6-3-17)24(29)25-13-18-4-11-22-23(12-18)33-15-32-22/h4,7-12,17,19,26H,2-3,5-6,13-15H2,1H3,(H,25,29)(H,27,28). The first kappa shape index (κ1) is 24.0. The van der Waals surface area contributed by atoms with E-state index in [1.165, 1.54) is 19.1 Å². The van der Waals surface area contributed by atoms with E-state index >= 15 is 0 Å². The van der Waals surface area contributed by atoms with Gasteiger partial charge in [0.1, 0.15) is 0 Å². The second-order valence-electron chi connectivity index (χ2n) is 8.68. The zero-order valence-electron chi connectivity index (χ0n) is 19.0. The Morgan fingerprint density at radius 3 is 2.38 bits per heavy atom. The van der Waals surface area contributed by atoms with Gasteiger partial charge in [-0.3, -0.25) is 9.59 Å². The van der Waals surface area contributed by atoms with Crippen LogP contribution < -0.4 is 24.8 Å². The summed E-state index contributed by atoms with van der Waals surface area (Å²) in [6, 6.07) is 11.7. The highest BCUT2D eigenvalue weighted by molar-refractivity contribution is 7.89. The Morgan fingerprint density at radius 2 is 1.68 bits per heavy atom. The maximum Gasteiger partial charge on any atom is 0.240 e. The predicted molar refractivity (Wildman–Crippen MR) is 126 cm³/mol. The first-order valence-electron chi connectivity index (χ1n) is 11.3. The van der Waals surface area contributed by atoms with Crippen LogP contribution in [0.5, 0.6) is 11.5 Å². The summed E-state index contributed by atoms with van der Waals surface area (Å²) in [5, 5.41) is 5.61. The lowest BCUT2D eigenvalue weighted by molar-refractivity contribution is -0.126. The molecule has 0 unspecified atom stereocenters. The number of amides is 2. The van der Waals surface area contributed by atoms with Crippen molar-refractivity contribution >= 4 is 27.5 Å². The number of fused-ring (bicyclic) bond motifs is 1. The van der Waals surface area contributed by atoms with Crippen molar-refractivity contribution in [2.24, 2.45) is 11.8 Å². The normalized spacial score (nSPS) is 19.4. The van der Waals surface area contributed by atoms with E-state index in [4.69, 9.17) is 9.47 Å². The molecule has 1 aliphatic heterocycles. The molecule has 0 atom stereocenters. The molecule has 0 spiro atoms.